The van der Waals surface area contributed by atoms with Gasteiger partial charge in [0.1, 0.15) is 11.4 Å². The number of carbonyl (C=O) groups is 1. The van der Waals surface area contributed by atoms with Gasteiger partial charge in [-0.2, -0.15) is 0 Å². The van der Waals surface area contributed by atoms with E-state index in [1.54, 1.807) is 23.6 Å². The van der Waals surface area contributed by atoms with Crippen LogP contribution in [-0.2, 0) is 0 Å². The first kappa shape index (κ1) is 14.9. The average molecular weight is 340 g/mol. The summed E-state index contributed by atoms with van der Waals surface area (Å²) >= 11 is 1.62. The molecule has 4 rings (SSSR count). The van der Waals surface area contributed by atoms with Crippen molar-refractivity contribution in [3.63, 3.8) is 0 Å². The smallest absolute Gasteiger partial charge is 0.339 e. The van der Waals surface area contributed by atoms with Crippen LogP contribution in [0, 0.1) is 0 Å². The van der Waals surface area contributed by atoms with Crippen molar-refractivity contribution in [1.82, 2.24) is 9.97 Å². The van der Waals surface area contributed by atoms with Crippen molar-refractivity contribution >= 4 is 39.2 Å². The molecule has 1 saturated heterocycles. The Kier molecular flexibility index (Phi) is 3.78. The molecule has 0 unspecified atom stereocenters. The van der Waals surface area contributed by atoms with Gasteiger partial charge < -0.3 is 14.9 Å². The van der Waals surface area contributed by atoms with Crippen molar-refractivity contribution in [3.8, 4) is 0 Å². The molecule has 7 heteroatoms. The molecule has 1 N–H and O–H groups in total. The number of rotatable bonds is 3. The molecular formula is C17H16N4O2S. The molecule has 0 atom stereocenters. The zero-order valence-electron chi connectivity index (χ0n) is 12.9. The van der Waals surface area contributed by atoms with Gasteiger partial charge >= 0.3 is 5.97 Å². The van der Waals surface area contributed by atoms with Gasteiger partial charge in [0.25, 0.3) is 0 Å². The highest BCUT2D eigenvalue weighted by Gasteiger charge is 2.24. The van der Waals surface area contributed by atoms with Crippen LogP contribution in [0.2, 0.25) is 0 Å². The van der Waals surface area contributed by atoms with Gasteiger partial charge in [-0.25, -0.2) is 14.8 Å². The lowest BCUT2D eigenvalue weighted by molar-refractivity contribution is 0.0697. The number of thiazole rings is 1. The summed E-state index contributed by atoms with van der Waals surface area (Å²) in [6.07, 6.45) is 1.81. The summed E-state index contributed by atoms with van der Waals surface area (Å²) in [6, 6.07) is 9.32. The summed E-state index contributed by atoms with van der Waals surface area (Å²) in [5.41, 5.74) is 1.08. The number of carboxylic acids is 1. The topological polar surface area (TPSA) is 69.6 Å². The Balaban J connectivity index is 1.64. The molecular weight excluding hydrogens is 324 g/mol. The van der Waals surface area contributed by atoms with E-state index in [9.17, 15) is 9.90 Å². The lowest BCUT2D eigenvalue weighted by atomic mass is 10.1. The van der Waals surface area contributed by atoms with Crippen LogP contribution >= 0.6 is 11.3 Å². The number of carboxylic acid groups (broad SMARTS) is 1. The number of pyridine rings is 1. The SMILES string of the molecule is O=C(O)c1cc2ccccc2nc1N1CCN(c2nccs2)CC1. The van der Waals surface area contributed by atoms with Crippen LogP contribution in [0.1, 0.15) is 10.4 Å². The summed E-state index contributed by atoms with van der Waals surface area (Å²) in [4.78, 5) is 24.9. The molecule has 0 amide bonds. The van der Waals surface area contributed by atoms with Crippen molar-refractivity contribution < 1.29 is 9.90 Å². The third-order valence-corrected chi connectivity index (χ3v) is 5.04. The second-order valence-electron chi connectivity index (χ2n) is 5.65. The minimum atomic E-state index is -0.939. The van der Waals surface area contributed by atoms with Crippen molar-refractivity contribution in [2.45, 2.75) is 0 Å². The van der Waals surface area contributed by atoms with E-state index in [0.717, 1.165) is 42.2 Å². The molecule has 3 aromatic rings. The van der Waals surface area contributed by atoms with Crippen LogP contribution in [-0.4, -0.2) is 47.2 Å². The molecule has 0 radical (unpaired) electrons. The standard InChI is InChI=1S/C17H16N4O2S/c22-16(23)13-11-12-3-1-2-4-14(12)19-15(13)20-6-8-21(9-7-20)17-18-5-10-24-17/h1-5,10-11H,6-9H2,(H,22,23). The van der Waals surface area contributed by atoms with E-state index < -0.39 is 5.97 Å². The Hall–Kier alpha value is -2.67. The number of hydrogen-bond donors (Lipinski definition) is 1. The van der Waals surface area contributed by atoms with Crippen molar-refractivity contribution in [2.24, 2.45) is 0 Å². The zero-order chi connectivity index (χ0) is 16.5. The van der Waals surface area contributed by atoms with Crippen LogP contribution in [0.15, 0.2) is 41.9 Å². The summed E-state index contributed by atoms with van der Waals surface area (Å²) in [5.74, 6) is -0.384. The van der Waals surface area contributed by atoms with Crippen LogP contribution in [0.4, 0.5) is 10.9 Å². The molecule has 0 saturated carbocycles. The summed E-state index contributed by atoms with van der Waals surface area (Å²) in [7, 11) is 0. The average Bonchev–Trinajstić information content (AvgIpc) is 3.15. The molecule has 3 heterocycles. The highest BCUT2D eigenvalue weighted by atomic mass is 32.1. The minimum Gasteiger partial charge on any atom is -0.478 e. The highest BCUT2D eigenvalue weighted by molar-refractivity contribution is 7.13. The molecule has 1 aliphatic heterocycles. The maximum Gasteiger partial charge on any atom is 0.339 e. The summed E-state index contributed by atoms with van der Waals surface area (Å²) in [5, 5.41) is 13.4. The second kappa shape index (κ2) is 6.09. The first-order valence-corrected chi connectivity index (χ1v) is 8.63. The molecule has 0 bridgehead atoms. The maximum absolute atomic E-state index is 11.7. The fourth-order valence-electron chi connectivity index (χ4n) is 2.99. The molecule has 0 aliphatic carbocycles. The van der Waals surface area contributed by atoms with Crippen LogP contribution in [0.25, 0.3) is 10.9 Å². The van der Waals surface area contributed by atoms with Gasteiger partial charge in [-0.15, -0.1) is 11.3 Å². The summed E-state index contributed by atoms with van der Waals surface area (Å²) < 4.78 is 0. The minimum absolute atomic E-state index is 0.261. The maximum atomic E-state index is 11.7. The Morgan fingerprint density at radius 2 is 1.88 bits per heavy atom. The summed E-state index contributed by atoms with van der Waals surface area (Å²) in [6.45, 7) is 3.07. The van der Waals surface area contributed by atoms with Gasteiger partial charge in [0.15, 0.2) is 5.13 Å². The highest BCUT2D eigenvalue weighted by Crippen LogP contribution is 2.26. The Morgan fingerprint density at radius 3 is 2.58 bits per heavy atom. The van der Waals surface area contributed by atoms with Gasteiger partial charge in [0, 0.05) is 43.1 Å². The molecule has 24 heavy (non-hydrogen) atoms. The molecule has 2 aromatic heterocycles. The second-order valence-corrected chi connectivity index (χ2v) is 6.52. The molecule has 0 spiro atoms. The third-order valence-electron chi connectivity index (χ3n) is 4.20. The Labute approximate surface area is 143 Å². The Bertz CT molecular complexity index is 873. The van der Waals surface area contributed by atoms with Crippen molar-refractivity contribution in [2.75, 3.05) is 36.0 Å². The van der Waals surface area contributed by atoms with Gasteiger partial charge in [0.2, 0.25) is 0 Å². The third kappa shape index (κ3) is 2.67. The van der Waals surface area contributed by atoms with Crippen LogP contribution < -0.4 is 9.80 Å². The largest absolute Gasteiger partial charge is 0.478 e. The van der Waals surface area contributed by atoms with E-state index in [2.05, 4.69) is 19.8 Å². The number of hydrogen-bond acceptors (Lipinski definition) is 6. The van der Waals surface area contributed by atoms with Gasteiger partial charge in [-0.1, -0.05) is 18.2 Å². The first-order valence-electron chi connectivity index (χ1n) is 7.75. The number of anilines is 2. The lowest BCUT2D eigenvalue weighted by Crippen LogP contribution is -2.47. The van der Waals surface area contributed by atoms with Crippen molar-refractivity contribution in [1.29, 1.82) is 0 Å². The number of benzene rings is 1. The quantitative estimate of drug-likeness (QED) is 0.791. The number of aromatic nitrogens is 2. The van der Waals surface area contributed by atoms with Crippen LogP contribution in [0.3, 0.4) is 0 Å². The van der Waals surface area contributed by atoms with E-state index in [4.69, 9.17) is 0 Å². The van der Waals surface area contributed by atoms with E-state index in [1.165, 1.54) is 0 Å². The first-order chi connectivity index (χ1) is 11.7. The number of fused-ring (bicyclic) bond motifs is 1. The fraction of sp³-hybridized carbons (Fsp3) is 0.235. The molecule has 122 valence electrons. The van der Waals surface area contributed by atoms with Crippen LogP contribution in [0.5, 0.6) is 0 Å². The molecule has 1 aliphatic rings. The predicted molar refractivity (Wildman–Crippen MR) is 95.2 cm³/mol. The van der Waals surface area contributed by atoms with Gasteiger partial charge in [-0.3, -0.25) is 0 Å². The van der Waals surface area contributed by atoms with Crippen molar-refractivity contribution in [3.05, 3.63) is 47.5 Å². The number of aromatic carboxylic acids is 1. The normalized spacial score (nSPS) is 15.0. The van der Waals surface area contributed by atoms with Gasteiger partial charge in [-0.05, 0) is 12.1 Å². The fourth-order valence-corrected chi connectivity index (χ4v) is 3.68. The van der Waals surface area contributed by atoms with E-state index in [1.807, 2.05) is 29.6 Å². The number of para-hydroxylation sites is 1. The van der Waals surface area contributed by atoms with E-state index >= 15 is 0 Å². The monoisotopic (exact) mass is 340 g/mol. The van der Waals surface area contributed by atoms with Gasteiger partial charge in [0.05, 0.1) is 5.52 Å². The zero-order valence-corrected chi connectivity index (χ0v) is 13.7. The van der Waals surface area contributed by atoms with E-state index in [0.29, 0.717) is 5.82 Å². The van der Waals surface area contributed by atoms with E-state index in [-0.39, 0.29) is 5.56 Å². The molecule has 1 aromatic carbocycles. The number of nitrogens with zero attached hydrogens (tertiary/aromatic N) is 4. The predicted octanol–water partition coefficient (Wildman–Crippen LogP) is 2.72. The number of piperazine rings is 1. The molecule has 1 fully saturated rings. The lowest BCUT2D eigenvalue weighted by Gasteiger charge is -2.35. The molecule has 6 nitrogen and oxygen atoms in total. The Morgan fingerprint density at radius 1 is 1.12 bits per heavy atom.